The third-order valence-corrected chi connectivity index (χ3v) is 5.84. The van der Waals surface area contributed by atoms with E-state index in [0.717, 1.165) is 25.7 Å². The molecule has 0 amide bonds. The third kappa shape index (κ3) is 7.67. The number of anilines is 3. The summed E-state index contributed by atoms with van der Waals surface area (Å²) in [6.07, 6.45) is -0.860. The van der Waals surface area contributed by atoms with E-state index >= 15 is 0 Å². The van der Waals surface area contributed by atoms with Crippen LogP contribution in [0, 0.1) is 0 Å². The lowest BCUT2D eigenvalue weighted by molar-refractivity contribution is -0.274. The van der Waals surface area contributed by atoms with Gasteiger partial charge in [0.05, 0.1) is 5.69 Å². The predicted octanol–water partition coefficient (Wildman–Crippen LogP) is 7.75. The molecule has 0 saturated heterocycles. The minimum absolute atomic E-state index is 0.00177. The van der Waals surface area contributed by atoms with Crippen molar-refractivity contribution in [1.82, 2.24) is 9.97 Å². The van der Waals surface area contributed by atoms with Crippen LogP contribution in [0.3, 0.4) is 0 Å². The summed E-state index contributed by atoms with van der Waals surface area (Å²) in [7, 11) is 0. The number of hydrogen-bond donors (Lipinski definition) is 2. The fraction of sp³-hybridized carbons (Fsp3) is 0.304. The van der Waals surface area contributed by atoms with Crippen LogP contribution in [0.15, 0.2) is 59.5 Å². The molecule has 1 aliphatic carbocycles. The van der Waals surface area contributed by atoms with E-state index in [-0.39, 0.29) is 34.5 Å². The first-order valence-electron chi connectivity index (χ1n) is 10.7. The van der Waals surface area contributed by atoms with Crippen LogP contribution in [0.5, 0.6) is 5.75 Å². The van der Waals surface area contributed by atoms with Crippen molar-refractivity contribution in [3.63, 3.8) is 0 Å². The molecule has 186 valence electrons. The maximum atomic E-state index is 12.8. The molecule has 1 fully saturated rings. The van der Waals surface area contributed by atoms with Crippen molar-refractivity contribution in [3.05, 3.63) is 54.6 Å². The monoisotopic (exact) mass is 514 g/mol. The van der Waals surface area contributed by atoms with E-state index in [2.05, 4.69) is 25.3 Å². The van der Waals surface area contributed by atoms with Gasteiger partial charge in [0.2, 0.25) is 5.95 Å². The van der Waals surface area contributed by atoms with Crippen molar-refractivity contribution >= 4 is 29.2 Å². The van der Waals surface area contributed by atoms with E-state index in [1.165, 1.54) is 42.5 Å². The number of alkyl halides is 6. The Balaban J connectivity index is 1.65. The van der Waals surface area contributed by atoms with E-state index < -0.39 is 17.6 Å². The number of aromatic nitrogens is 2. The first-order chi connectivity index (χ1) is 16.5. The van der Waals surface area contributed by atoms with Gasteiger partial charge in [0, 0.05) is 28.3 Å². The topological polar surface area (TPSA) is 59.1 Å². The molecule has 35 heavy (non-hydrogen) atoms. The summed E-state index contributed by atoms with van der Waals surface area (Å²) in [6.45, 7) is 0. The fourth-order valence-electron chi connectivity index (χ4n) is 3.75. The smallest absolute Gasteiger partial charge is 0.406 e. The molecule has 5 nitrogen and oxygen atoms in total. The molecule has 12 heteroatoms. The molecule has 4 rings (SSSR count). The Bertz CT molecular complexity index is 1170. The average Bonchev–Trinajstić information content (AvgIpc) is 3.24. The fourth-order valence-corrected chi connectivity index (χ4v) is 4.35. The second kappa shape index (κ2) is 10.2. The van der Waals surface area contributed by atoms with Gasteiger partial charge in [0.1, 0.15) is 11.6 Å². The number of benzene rings is 2. The minimum atomic E-state index is -4.84. The Morgan fingerprint density at radius 1 is 0.886 bits per heavy atom. The SMILES string of the molecule is FC(F)(F)Oc1cccc(-c2cc(Nc3cccc(SC(F)(F)F)c3)nc(NC3CCCC3)n2)c1. The molecule has 0 spiro atoms. The molecule has 2 N–H and O–H groups in total. The highest BCUT2D eigenvalue weighted by atomic mass is 32.2. The standard InChI is InChI=1S/C23H20F6N4OS/c24-22(25,26)34-17-9-3-5-14(11-17)19-13-20(33-21(32-19)31-15-6-1-2-7-15)30-16-8-4-10-18(12-16)35-23(27,28)29/h3-5,8-13,15H,1-2,6-7H2,(H2,30,31,32,33). The molecule has 0 atom stereocenters. The van der Waals surface area contributed by atoms with Crippen LogP contribution in [0.25, 0.3) is 11.3 Å². The number of nitrogens with zero attached hydrogens (tertiary/aromatic N) is 2. The first kappa shape index (κ1) is 25.0. The highest BCUT2D eigenvalue weighted by molar-refractivity contribution is 8.00. The zero-order chi connectivity index (χ0) is 25.1. The molecular formula is C23H20F6N4OS. The molecule has 3 aromatic rings. The van der Waals surface area contributed by atoms with Crippen molar-refractivity contribution in [1.29, 1.82) is 0 Å². The molecule has 1 saturated carbocycles. The van der Waals surface area contributed by atoms with Gasteiger partial charge in [-0.1, -0.05) is 31.0 Å². The first-order valence-corrected chi connectivity index (χ1v) is 11.5. The summed E-state index contributed by atoms with van der Waals surface area (Å²) in [6, 6.07) is 12.8. The number of thioether (sulfide) groups is 1. The van der Waals surface area contributed by atoms with E-state index in [1.807, 2.05) is 0 Å². The lowest BCUT2D eigenvalue weighted by Gasteiger charge is -2.16. The van der Waals surface area contributed by atoms with Gasteiger partial charge in [-0.3, -0.25) is 0 Å². The second-order valence-electron chi connectivity index (χ2n) is 7.86. The molecule has 1 aliphatic rings. The van der Waals surface area contributed by atoms with E-state index in [4.69, 9.17) is 0 Å². The Morgan fingerprint density at radius 3 is 2.34 bits per heavy atom. The van der Waals surface area contributed by atoms with Crippen LogP contribution in [0.2, 0.25) is 0 Å². The van der Waals surface area contributed by atoms with Gasteiger partial charge in [-0.25, -0.2) is 4.98 Å². The summed E-state index contributed by atoms with van der Waals surface area (Å²) < 4.78 is 80.3. The van der Waals surface area contributed by atoms with Crippen molar-refractivity contribution in [2.45, 2.75) is 48.5 Å². The van der Waals surface area contributed by atoms with Gasteiger partial charge in [0.15, 0.2) is 0 Å². The van der Waals surface area contributed by atoms with E-state index in [0.29, 0.717) is 16.9 Å². The largest absolute Gasteiger partial charge is 0.573 e. The van der Waals surface area contributed by atoms with Gasteiger partial charge in [-0.2, -0.15) is 18.2 Å². The third-order valence-electron chi connectivity index (χ3n) is 5.12. The molecule has 0 bridgehead atoms. The van der Waals surface area contributed by atoms with Gasteiger partial charge in [-0.15, -0.1) is 13.2 Å². The molecule has 0 unspecified atom stereocenters. The lowest BCUT2D eigenvalue weighted by Crippen LogP contribution is -2.17. The van der Waals surface area contributed by atoms with Gasteiger partial charge in [-0.05, 0) is 54.9 Å². The number of ether oxygens (including phenoxy) is 1. The minimum Gasteiger partial charge on any atom is -0.406 e. The molecule has 0 radical (unpaired) electrons. The summed E-state index contributed by atoms with van der Waals surface area (Å²) in [5.74, 6) is 0.136. The maximum absolute atomic E-state index is 12.8. The van der Waals surface area contributed by atoms with E-state index in [9.17, 15) is 26.3 Å². The van der Waals surface area contributed by atoms with Crippen LogP contribution in [0.4, 0.5) is 43.8 Å². The van der Waals surface area contributed by atoms with Crippen molar-refractivity contribution in [2.24, 2.45) is 0 Å². The number of halogens is 6. The predicted molar refractivity (Wildman–Crippen MR) is 122 cm³/mol. The normalized spacial score (nSPS) is 14.7. The van der Waals surface area contributed by atoms with Crippen molar-refractivity contribution < 1.29 is 31.1 Å². The molecule has 0 aliphatic heterocycles. The highest BCUT2D eigenvalue weighted by Gasteiger charge is 2.31. The zero-order valence-corrected chi connectivity index (χ0v) is 18.9. The molecule has 1 aromatic heterocycles. The van der Waals surface area contributed by atoms with Crippen molar-refractivity contribution in [2.75, 3.05) is 10.6 Å². The van der Waals surface area contributed by atoms with Gasteiger partial charge in [0.25, 0.3) is 0 Å². The molecule has 1 heterocycles. The van der Waals surface area contributed by atoms with Crippen LogP contribution in [0.1, 0.15) is 25.7 Å². The molecular weight excluding hydrogens is 494 g/mol. The Morgan fingerprint density at radius 2 is 1.63 bits per heavy atom. The van der Waals surface area contributed by atoms with Crippen LogP contribution < -0.4 is 15.4 Å². The zero-order valence-electron chi connectivity index (χ0n) is 18.1. The van der Waals surface area contributed by atoms with Crippen LogP contribution in [-0.2, 0) is 0 Å². The average molecular weight is 514 g/mol. The maximum Gasteiger partial charge on any atom is 0.573 e. The number of nitrogens with one attached hydrogen (secondary N) is 2. The number of rotatable bonds is 7. The van der Waals surface area contributed by atoms with Gasteiger partial charge < -0.3 is 15.4 Å². The highest BCUT2D eigenvalue weighted by Crippen LogP contribution is 2.38. The summed E-state index contributed by atoms with van der Waals surface area (Å²) in [5.41, 5.74) is -3.39. The van der Waals surface area contributed by atoms with Crippen LogP contribution in [-0.4, -0.2) is 27.9 Å². The quantitative estimate of drug-likeness (QED) is 0.248. The lowest BCUT2D eigenvalue weighted by atomic mass is 10.1. The van der Waals surface area contributed by atoms with Crippen molar-refractivity contribution in [3.8, 4) is 17.0 Å². The Kier molecular flexibility index (Phi) is 7.29. The summed E-state index contributed by atoms with van der Waals surface area (Å²) >= 11 is -0.235. The van der Waals surface area contributed by atoms with Gasteiger partial charge >= 0.3 is 11.9 Å². The van der Waals surface area contributed by atoms with Crippen LogP contribution >= 0.6 is 11.8 Å². The number of hydrogen-bond acceptors (Lipinski definition) is 6. The molecule has 2 aromatic carbocycles. The Labute approximate surface area is 201 Å². The van der Waals surface area contributed by atoms with E-state index in [1.54, 1.807) is 12.1 Å². The summed E-state index contributed by atoms with van der Waals surface area (Å²) in [5, 5.41) is 6.22. The second-order valence-corrected chi connectivity index (χ2v) is 9.00. The Hall–Kier alpha value is -3.15. The summed E-state index contributed by atoms with van der Waals surface area (Å²) in [4.78, 5) is 8.89.